The Morgan fingerprint density at radius 2 is 1.74 bits per heavy atom. The van der Waals surface area contributed by atoms with Crippen LogP contribution in [0.2, 0.25) is 0 Å². The molecule has 1 N–H and O–H groups in total. The lowest BCUT2D eigenvalue weighted by atomic mass is 10.2. The van der Waals surface area contributed by atoms with Crippen molar-refractivity contribution in [2.24, 2.45) is 0 Å². The molecule has 8 heteroatoms. The van der Waals surface area contributed by atoms with Crippen LogP contribution in [0.3, 0.4) is 0 Å². The van der Waals surface area contributed by atoms with Gasteiger partial charge in [-0.3, -0.25) is 4.72 Å². The SMILES string of the molecule is CCn1nnc(-c2ccccc2NS(=O)(=O)c2ccccc2)n1. The average Bonchev–Trinajstić information content (AvgIpc) is 3.05. The van der Waals surface area contributed by atoms with E-state index in [1.807, 2.05) is 6.92 Å². The first kappa shape index (κ1) is 15.2. The van der Waals surface area contributed by atoms with Gasteiger partial charge in [-0.25, -0.2) is 8.42 Å². The summed E-state index contributed by atoms with van der Waals surface area (Å²) in [5.74, 6) is 0.373. The van der Waals surface area contributed by atoms with Crippen molar-refractivity contribution < 1.29 is 8.42 Å². The summed E-state index contributed by atoms with van der Waals surface area (Å²) in [6.07, 6.45) is 0. The van der Waals surface area contributed by atoms with Crippen LogP contribution >= 0.6 is 0 Å². The van der Waals surface area contributed by atoms with Gasteiger partial charge in [0.05, 0.1) is 17.1 Å². The summed E-state index contributed by atoms with van der Waals surface area (Å²) in [4.78, 5) is 1.64. The zero-order valence-corrected chi connectivity index (χ0v) is 13.2. The first-order valence-electron chi connectivity index (χ1n) is 7.05. The Morgan fingerprint density at radius 1 is 1.04 bits per heavy atom. The van der Waals surface area contributed by atoms with E-state index in [1.54, 1.807) is 42.5 Å². The number of rotatable bonds is 5. The second-order valence-electron chi connectivity index (χ2n) is 4.77. The molecule has 0 unspecified atom stereocenters. The van der Waals surface area contributed by atoms with Crippen LogP contribution in [0.4, 0.5) is 5.69 Å². The molecular weight excluding hydrogens is 314 g/mol. The van der Waals surface area contributed by atoms with E-state index in [2.05, 4.69) is 20.1 Å². The number of anilines is 1. The Kier molecular flexibility index (Phi) is 4.07. The molecule has 0 fully saturated rings. The highest BCUT2D eigenvalue weighted by atomic mass is 32.2. The number of aryl methyl sites for hydroxylation is 1. The third-order valence-electron chi connectivity index (χ3n) is 3.20. The summed E-state index contributed by atoms with van der Waals surface area (Å²) >= 11 is 0. The highest BCUT2D eigenvalue weighted by Crippen LogP contribution is 2.26. The van der Waals surface area contributed by atoms with E-state index in [4.69, 9.17) is 0 Å². The van der Waals surface area contributed by atoms with Gasteiger partial charge in [-0.15, -0.1) is 10.2 Å². The van der Waals surface area contributed by atoms with Crippen molar-refractivity contribution in [2.45, 2.75) is 18.4 Å². The van der Waals surface area contributed by atoms with Crippen LogP contribution in [0, 0.1) is 0 Å². The molecule has 0 atom stereocenters. The van der Waals surface area contributed by atoms with Gasteiger partial charge >= 0.3 is 0 Å². The molecule has 0 aliphatic carbocycles. The van der Waals surface area contributed by atoms with E-state index >= 15 is 0 Å². The second-order valence-corrected chi connectivity index (χ2v) is 6.45. The van der Waals surface area contributed by atoms with Crippen molar-refractivity contribution in [1.29, 1.82) is 0 Å². The average molecular weight is 329 g/mol. The van der Waals surface area contributed by atoms with E-state index < -0.39 is 10.0 Å². The minimum absolute atomic E-state index is 0.194. The van der Waals surface area contributed by atoms with Crippen LogP contribution in [-0.2, 0) is 16.6 Å². The number of aromatic nitrogens is 4. The van der Waals surface area contributed by atoms with Crippen molar-refractivity contribution in [2.75, 3.05) is 4.72 Å². The van der Waals surface area contributed by atoms with E-state index in [-0.39, 0.29) is 4.90 Å². The molecular formula is C15H15N5O2S. The molecule has 2 aromatic carbocycles. The lowest BCUT2D eigenvalue weighted by Gasteiger charge is -2.10. The van der Waals surface area contributed by atoms with Gasteiger partial charge < -0.3 is 0 Å². The Labute approximate surface area is 134 Å². The third kappa shape index (κ3) is 3.21. The van der Waals surface area contributed by atoms with E-state index in [0.29, 0.717) is 23.6 Å². The van der Waals surface area contributed by atoms with Crippen LogP contribution in [0.5, 0.6) is 0 Å². The van der Waals surface area contributed by atoms with Crippen molar-refractivity contribution in [3.8, 4) is 11.4 Å². The van der Waals surface area contributed by atoms with Crippen molar-refractivity contribution >= 4 is 15.7 Å². The van der Waals surface area contributed by atoms with E-state index in [9.17, 15) is 8.42 Å². The van der Waals surface area contributed by atoms with Gasteiger partial charge in [-0.2, -0.15) is 4.80 Å². The maximum atomic E-state index is 12.5. The largest absolute Gasteiger partial charge is 0.279 e. The predicted molar refractivity (Wildman–Crippen MR) is 86.2 cm³/mol. The smallest absolute Gasteiger partial charge is 0.261 e. The second kappa shape index (κ2) is 6.17. The molecule has 0 radical (unpaired) electrons. The van der Waals surface area contributed by atoms with E-state index in [1.165, 1.54) is 16.9 Å². The van der Waals surface area contributed by atoms with Gasteiger partial charge in [0.25, 0.3) is 10.0 Å². The molecule has 7 nitrogen and oxygen atoms in total. The molecule has 23 heavy (non-hydrogen) atoms. The molecule has 0 aliphatic rings. The first-order chi connectivity index (χ1) is 11.1. The number of hydrogen-bond acceptors (Lipinski definition) is 5. The number of nitrogens with one attached hydrogen (secondary N) is 1. The summed E-state index contributed by atoms with van der Waals surface area (Å²) in [7, 11) is -3.68. The Bertz CT molecular complexity index is 906. The highest BCUT2D eigenvalue weighted by Gasteiger charge is 2.17. The van der Waals surface area contributed by atoms with Crippen LogP contribution in [0.25, 0.3) is 11.4 Å². The summed E-state index contributed by atoms with van der Waals surface area (Å²) < 4.78 is 27.5. The fraction of sp³-hybridized carbons (Fsp3) is 0.133. The van der Waals surface area contributed by atoms with Crippen molar-refractivity contribution in [1.82, 2.24) is 20.2 Å². The Hall–Kier alpha value is -2.74. The molecule has 0 bridgehead atoms. The summed E-state index contributed by atoms with van der Waals surface area (Å²) in [5.41, 5.74) is 0.985. The third-order valence-corrected chi connectivity index (χ3v) is 4.58. The molecule has 1 aromatic heterocycles. The first-order valence-corrected chi connectivity index (χ1v) is 8.53. The molecule has 0 saturated heterocycles. The molecule has 0 aliphatic heterocycles. The predicted octanol–water partition coefficient (Wildman–Crippen LogP) is 2.16. The highest BCUT2D eigenvalue weighted by molar-refractivity contribution is 7.92. The van der Waals surface area contributed by atoms with E-state index in [0.717, 1.165) is 0 Å². The number of sulfonamides is 1. The normalized spacial score (nSPS) is 11.3. The summed E-state index contributed by atoms with van der Waals surface area (Å²) in [6.45, 7) is 2.49. The Balaban J connectivity index is 1.98. The maximum absolute atomic E-state index is 12.5. The number of para-hydroxylation sites is 1. The number of nitrogens with zero attached hydrogens (tertiary/aromatic N) is 4. The van der Waals surface area contributed by atoms with Crippen LogP contribution in [0.15, 0.2) is 59.5 Å². The fourth-order valence-electron chi connectivity index (χ4n) is 2.06. The molecule has 3 aromatic rings. The molecule has 0 saturated carbocycles. The van der Waals surface area contributed by atoms with Gasteiger partial charge in [0.15, 0.2) is 0 Å². The minimum Gasteiger partial charge on any atom is -0.279 e. The van der Waals surface area contributed by atoms with Crippen LogP contribution in [0.1, 0.15) is 6.92 Å². The fourth-order valence-corrected chi connectivity index (χ4v) is 3.16. The van der Waals surface area contributed by atoms with Gasteiger partial charge in [-0.05, 0) is 36.4 Å². The molecule has 118 valence electrons. The van der Waals surface area contributed by atoms with Gasteiger partial charge in [-0.1, -0.05) is 30.3 Å². The van der Waals surface area contributed by atoms with Crippen molar-refractivity contribution in [3.05, 3.63) is 54.6 Å². The molecule has 1 heterocycles. The summed E-state index contributed by atoms with van der Waals surface area (Å²) in [6, 6.07) is 15.2. The zero-order chi connectivity index (χ0) is 16.3. The van der Waals surface area contributed by atoms with Gasteiger partial charge in [0.2, 0.25) is 5.82 Å². The number of benzene rings is 2. The Morgan fingerprint density at radius 3 is 2.43 bits per heavy atom. The quantitative estimate of drug-likeness (QED) is 0.775. The standard InChI is InChI=1S/C15H15N5O2S/c1-2-20-17-15(16-19-20)13-10-6-7-11-14(13)18-23(21,22)12-8-4-3-5-9-12/h3-11,18H,2H2,1H3. The van der Waals surface area contributed by atoms with Gasteiger partial charge in [0, 0.05) is 5.56 Å². The van der Waals surface area contributed by atoms with Crippen LogP contribution in [-0.4, -0.2) is 28.6 Å². The van der Waals surface area contributed by atoms with Crippen LogP contribution < -0.4 is 4.72 Å². The number of hydrogen-bond donors (Lipinski definition) is 1. The topological polar surface area (TPSA) is 89.8 Å². The number of tetrazole rings is 1. The molecule has 3 rings (SSSR count). The zero-order valence-electron chi connectivity index (χ0n) is 12.4. The lowest BCUT2D eigenvalue weighted by Crippen LogP contribution is -2.13. The molecule has 0 amide bonds. The minimum atomic E-state index is -3.68. The lowest BCUT2D eigenvalue weighted by molar-refractivity contribution is 0.553. The monoisotopic (exact) mass is 329 g/mol. The summed E-state index contributed by atoms with van der Waals surface area (Å²) in [5, 5.41) is 12.1. The maximum Gasteiger partial charge on any atom is 0.261 e. The van der Waals surface area contributed by atoms with Gasteiger partial charge in [0.1, 0.15) is 0 Å². The van der Waals surface area contributed by atoms with Crippen molar-refractivity contribution in [3.63, 3.8) is 0 Å². The molecule has 0 spiro atoms.